The number of amides is 1. The molecule has 0 fully saturated rings. The Bertz CT molecular complexity index is 527. The van der Waals surface area contributed by atoms with Crippen LogP contribution in [0.5, 0.6) is 5.75 Å². The van der Waals surface area contributed by atoms with Gasteiger partial charge in [-0.2, -0.15) is 0 Å². The maximum atomic E-state index is 11.9. The molecule has 0 saturated carbocycles. The van der Waals surface area contributed by atoms with Crippen LogP contribution in [-0.4, -0.2) is 25.4 Å². The number of alkyl halides is 3. The zero-order valence-corrected chi connectivity index (χ0v) is 11.1. The van der Waals surface area contributed by atoms with Gasteiger partial charge in [0.2, 0.25) is 0 Å². The maximum Gasteiger partial charge on any atom is 0.573 e. The minimum atomic E-state index is -5.10. The molecule has 11 heteroatoms. The summed E-state index contributed by atoms with van der Waals surface area (Å²) in [7, 11) is -5.10. The monoisotopic (exact) mass is 327 g/mol. The van der Waals surface area contributed by atoms with Gasteiger partial charge in [0, 0.05) is 12.1 Å². The SMILES string of the molecule is O=C(NCCOP(=O)([O-])[O-])c1ccc(OC(F)(F)F)cc1. The van der Waals surface area contributed by atoms with Crippen molar-refractivity contribution in [2.75, 3.05) is 13.2 Å². The third-order valence-corrected chi connectivity index (χ3v) is 2.49. The molecule has 1 N–H and O–H groups in total. The molecule has 1 aromatic rings. The number of carbonyl (C=O) groups is 1. The highest BCUT2D eigenvalue weighted by Crippen LogP contribution is 2.24. The van der Waals surface area contributed by atoms with E-state index in [4.69, 9.17) is 0 Å². The van der Waals surface area contributed by atoms with E-state index in [1.54, 1.807) is 0 Å². The average molecular weight is 327 g/mol. The zero-order chi connectivity index (χ0) is 16.1. The Morgan fingerprint density at radius 3 is 2.29 bits per heavy atom. The highest BCUT2D eigenvalue weighted by Gasteiger charge is 2.31. The second kappa shape index (κ2) is 6.90. The van der Waals surface area contributed by atoms with E-state index in [1.165, 1.54) is 0 Å². The number of nitrogens with one attached hydrogen (secondary N) is 1. The molecule has 0 aliphatic rings. The lowest BCUT2D eigenvalue weighted by Gasteiger charge is -2.28. The van der Waals surface area contributed by atoms with Crippen molar-refractivity contribution >= 4 is 13.7 Å². The smallest absolute Gasteiger partial charge is 0.573 e. The molecule has 0 radical (unpaired) electrons. The molecule has 0 bridgehead atoms. The highest BCUT2D eigenvalue weighted by molar-refractivity contribution is 7.43. The van der Waals surface area contributed by atoms with Crippen LogP contribution in [0.3, 0.4) is 0 Å². The molecule has 1 aromatic carbocycles. The van der Waals surface area contributed by atoms with E-state index in [2.05, 4.69) is 14.6 Å². The fourth-order valence-electron chi connectivity index (χ4n) is 1.23. The van der Waals surface area contributed by atoms with Crippen LogP contribution in [0.1, 0.15) is 10.4 Å². The van der Waals surface area contributed by atoms with Gasteiger partial charge in [-0.3, -0.25) is 4.79 Å². The van der Waals surface area contributed by atoms with Crippen molar-refractivity contribution in [2.45, 2.75) is 6.36 Å². The van der Waals surface area contributed by atoms with E-state index in [1.807, 2.05) is 0 Å². The van der Waals surface area contributed by atoms with Crippen molar-refractivity contribution in [3.05, 3.63) is 29.8 Å². The fourth-order valence-corrected chi connectivity index (χ4v) is 1.55. The first-order valence-electron chi connectivity index (χ1n) is 5.37. The predicted molar refractivity (Wildman–Crippen MR) is 59.0 cm³/mol. The van der Waals surface area contributed by atoms with Crippen LogP contribution >= 0.6 is 7.82 Å². The second-order valence-electron chi connectivity index (χ2n) is 3.61. The quantitative estimate of drug-likeness (QED) is 0.588. The number of rotatable bonds is 6. The first-order chi connectivity index (χ1) is 9.57. The molecule has 0 spiro atoms. The summed E-state index contributed by atoms with van der Waals surface area (Å²) in [6.07, 6.45) is -4.83. The van der Waals surface area contributed by atoms with Crippen molar-refractivity contribution in [1.82, 2.24) is 5.32 Å². The number of benzene rings is 1. The van der Waals surface area contributed by atoms with Gasteiger partial charge in [-0.1, -0.05) is 0 Å². The van der Waals surface area contributed by atoms with Crippen LogP contribution in [0.15, 0.2) is 24.3 Å². The summed E-state index contributed by atoms with van der Waals surface area (Å²) in [5.41, 5.74) is 0.0250. The summed E-state index contributed by atoms with van der Waals surface area (Å²) in [6.45, 7) is -0.792. The van der Waals surface area contributed by atoms with Crippen molar-refractivity contribution in [3.8, 4) is 5.75 Å². The molecule has 0 aromatic heterocycles. The Morgan fingerprint density at radius 1 is 1.24 bits per heavy atom. The Balaban J connectivity index is 2.46. The zero-order valence-electron chi connectivity index (χ0n) is 10.3. The van der Waals surface area contributed by atoms with Gasteiger partial charge in [0.15, 0.2) is 0 Å². The maximum absolute atomic E-state index is 11.9. The molecule has 0 aliphatic carbocycles. The van der Waals surface area contributed by atoms with Gasteiger partial charge in [-0.15, -0.1) is 13.2 Å². The van der Waals surface area contributed by atoms with E-state index in [-0.39, 0.29) is 12.1 Å². The lowest BCUT2D eigenvalue weighted by atomic mass is 10.2. The van der Waals surface area contributed by atoms with Gasteiger partial charge in [0.25, 0.3) is 5.91 Å². The molecule has 0 unspecified atom stereocenters. The van der Waals surface area contributed by atoms with E-state index in [9.17, 15) is 32.3 Å². The third-order valence-electron chi connectivity index (χ3n) is 1.99. The van der Waals surface area contributed by atoms with Crippen molar-refractivity contribution in [1.29, 1.82) is 0 Å². The summed E-state index contributed by atoms with van der Waals surface area (Å²) >= 11 is 0. The van der Waals surface area contributed by atoms with Crippen LogP contribution in [-0.2, 0) is 9.09 Å². The Morgan fingerprint density at radius 2 is 1.81 bits per heavy atom. The van der Waals surface area contributed by atoms with Crippen LogP contribution in [0.2, 0.25) is 0 Å². The fraction of sp³-hybridized carbons (Fsp3) is 0.300. The summed E-state index contributed by atoms with van der Waals surface area (Å²) in [4.78, 5) is 31.8. The molecule has 118 valence electrons. The highest BCUT2D eigenvalue weighted by atomic mass is 31.2. The first-order valence-corrected chi connectivity index (χ1v) is 6.83. The number of phosphoric acid groups is 1. The summed E-state index contributed by atoms with van der Waals surface area (Å²) in [5.74, 6) is -1.16. The average Bonchev–Trinajstić information content (AvgIpc) is 2.32. The molecule has 7 nitrogen and oxygen atoms in total. The Hall–Kier alpha value is -1.61. The van der Waals surface area contributed by atoms with Crippen LogP contribution in [0.25, 0.3) is 0 Å². The van der Waals surface area contributed by atoms with Gasteiger partial charge in [-0.05, 0) is 24.3 Å². The number of hydrogen-bond donors (Lipinski definition) is 1. The van der Waals surface area contributed by atoms with Crippen LogP contribution in [0.4, 0.5) is 13.2 Å². The van der Waals surface area contributed by atoms with Gasteiger partial charge in [0.1, 0.15) is 5.75 Å². The molecule has 0 atom stereocenters. The predicted octanol–water partition coefficient (Wildman–Crippen LogP) is 0.160. The van der Waals surface area contributed by atoms with Crippen molar-refractivity contribution in [2.24, 2.45) is 0 Å². The minimum Gasteiger partial charge on any atom is -0.790 e. The topological polar surface area (TPSA) is 111 Å². The van der Waals surface area contributed by atoms with Gasteiger partial charge < -0.3 is 28.9 Å². The number of hydrogen-bond acceptors (Lipinski definition) is 6. The molecule has 1 amide bonds. The number of phosphoric ester groups is 1. The normalized spacial score (nSPS) is 12.0. The van der Waals surface area contributed by atoms with E-state index >= 15 is 0 Å². The van der Waals surface area contributed by atoms with E-state index < -0.39 is 32.4 Å². The summed E-state index contributed by atoms with van der Waals surface area (Å²) in [6, 6.07) is 4.07. The Kier molecular flexibility index (Phi) is 5.73. The molecular formula is C10H9F3NO6P-2. The van der Waals surface area contributed by atoms with Crippen molar-refractivity contribution in [3.63, 3.8) is 0 Å². The Labute approximate surface area is 116 Å². The number of carbonyl (C=O) groups excluding carboxylic acids is 1. The van der Waals surface area contributed by atoms with E-state index in [0.717, 1.165) is 24.3 Å². The molecule has 21 heavy (non-hydrogen) atoms. The van der Waals surface area contributed by atoms with Gasteiger partial charge in [0.05, 0.1) is 14.4 Å². The molecule has 0 saturated heterocycles. The lowest BCUT2D eigenvalue weighted by molar-refractivity contribution is -0.341. The number of ether oxygens (including phenoxy) is 1. The standard InChI is InChI=1S/C10H11F3NO6P/c11-10(12,13)20-8-3-1-7(2-4-8)9(15)14-5-6-19-21(16,17)18/h1-4H,5-6H2,(H,14,15)(H2,16,17,18)/p-2. The second-order valence-corrected chi connectivity index (χ2v) is 4.76. The van der Waals surface area contributed by atoms with Gasteiger partial charge in [-0.25, -0.2) is 0 Å². The lowest BCUT2D eigenvalue weighted by Crippen LogP contribution is -2.28. The molecule has 0 aliphatic heterocycles. The van der Waals surface area contributed by atoms with Crippen LogP contribution in [0, 0.1) is 0 Å². The van der Waals surface area contributed by atoms with Gasteiger partial charge >= 0.3 is 6.36 Å². The minimum absolute atomic E-state index is 0.0250. The molecule has 0 heterocycles. The summed E-state index contributed by atoms with van der Waals surface area (Å²) < 4.78 is 53.4. The molecule has 1 rings (SSSR count). The largest absolute Gasteiger partial charge is 0.790 e. The first kappa shape index (κ1) is 17.4. The molecular weight excluding hydrogens is 318 g/mol. The summed E-state index contributed by atoms with van der Waals surface area (Å²) in [5, 5.41) is 2.21. The van der Waals surface area contributed by atoms with Crippen molar-refractivity contribution < 1.29 is 41.6 Å². The van der Waals surface area contributed by atoms with Crippen LogP contribution < -0.4 is 19.8 Å². The third kappa shape index (κ3) is 7.66. The number of halogens is 3. The van der Waals surface area contributed by atoms with E-state index in [0.29, 0.717) is 0 Å².